The summed E-state index contributed by atoms with van der Waals surface area (Å²) in [5, 5.41) is 29.1. The fourth-order valence-electron chi connectivity index (χ4n) is 8.55. The molecule has 0 saturated carbocycles. The molecule has 5 aromatic rings. The second-order valence-electron chi connectivity index (χ2n) is 25.6. The minimum absolute atomic E-state index is 0. The number of rotatable bonds is 18. The highest BCUT2D eigenvalue weighted by Gasteiger charge is 2.27. The molecule has 7 rings (SSSR count). The van der Waals surface area contributed by atoms with Crippen molar-refractivity contribution >= 4 is 59.3 Å². The van der Waals surface area contributed by atoms with Crippen LogP contribution in [-0.2, 0) is 42.7 Å². The standard InChI is InChI=1S/2C17H26N2O3.C14H21NO5S.C13H19NO3.C8H11NO.2ClH/c2*1-17(2,3)22-16(20)18-15(14-7-5-4-6-8-14)13-19-9-11-21-12-10-19;1-14(2,3)20-13(16)15-12(10-19-21(4,17)18)11-8-6-5-7-9-11;1-13(2,3)17-12(16)14-11(9-15)10-7-5-4-6-8-10;9-8(6-10)7-4-2-1-3-5-7;;/h2*4-8,15H,9-13H2,1-3H3,(H,18,20);5-9,12H,10H2,1-4H3,(H,15,16);4-8,11,15H,9H2,1-3H3,(H,14,16);1-5,8,10H,6,9H2;2*1H/t2*15-;12-;11-;8-;;/m11111../s1. The molecular formula is C69H105Cl2N7O15S. The molecule has 526 valence electrons. The first-order valence-electron chi connectivity index (χ1n) is 30.9. The van der Waals surface area contributed by atoms with Crippen LogP contribution in [0.1, 0.15) is 141 Å². The normalized spacial score (nSPS) is 15.1. The van der Waals surface area contributed by atoms with Gasteiger partial charge < -0.3 is 65.6 Å². The molecule has 2 aliphatic heterocycles. The van der Waals surface area contributed by atoms with Crippen LogP contribution in [-0.4, -0.2) is 167 Å². The Hall–Kier alpha value is -6.61. The van der Waals surface area contributed by atoms with Crippen LogP contribution in [0.25, 0.3) is 0 Å². The van der Waals surface area contributed by atoms with Gasteiger partial charge >= 0.3 is 24.4 Å². The predicted octanol–water partition coefficient (Wildman–Crippen LogP) is 11.2. The first-order chi connectivity index (χ1) is 43.2. The lowest BCUT2D eigenvalue weighted by molar-refractivity contribution is 0.0283. The van der Waals surface area contributed by atoms with Crippen molar-refractivity contribution in [2.45, 2.75) is 136 Å². The van der Waals surface area contributed by atoms with Gasteiger partial charge in [0.2, 0.25) is 0 Å². The van der Waals surface area contributed by atoms with E-state index in [1.807, 2.05) is 169 Å². The van der Waals surface area contributed by atoms with E-state index in [0.717, 1.165) is 99.8 Å². The first kappa shape index (κ1) is 85.4. The van der Waals surface area contributed by atoms with Crippen molar-refractivity contribution in [3.05, 3.63) is 179 Å². The Bertz CT molecular complexity index is 2880. The summed E-state index contributed by atoms with van der Waals surface area (Å²) in [7, 11) is -3.59. The summed E-state index contributed by atoms with van der Waals surface area (Å²) in [6.07, 6.45) is -0.958. The number of aliphatic hydroxyl groups excluding tert-OH is 2. The minimum atomic E-state index is -3.59. The number of alkyl carbamates (subject to hydrolysis) is 4. The second-order valence-corrected chi connectivity index (χ2v) is 27.3. The summed E-state index contributed by atoms with van der Waals surface area (Å²) in [4.78, 5) is 52.2. The maximum Gasteiger partial charge on any atom is 0.408 e. The summed E-state index contributed by atoms with van der Waals surface area (Å²) < 4.78 is 58.8. The van der Waals surface area contributed by atoms with E-state index in [2.05, 4.69) is 31.1 Å². The molecule has 22 nitrogen and oxygen atoms in total. The number of ether oxygens (including phenoxy) is 6. The zero-order valence-corrected chi connectivity index (χ0v) is 59.4. The van der Waals surface area contributed by atoms with Crippen LogP contribution >= 0.6 is 24.8 Å². The van der Waals surface area contributed by atoms with E-state index in [0.29, 0.717) is 0 Å². The van der Waals surface area contributed by atoms with E-state index >= 15 is 0 Å². The topological polar surface area (TPSA) is 288 Å². The third kappa shape index (κ3) is 39.9. The number of morpholine rings is 2. The minimum Gasteiger partial charge on any atom is -0.444 e. The molecule has 5 atom stereocenters. The number of nitrogens with one attached hydrogen (secondary N) is 4. The monoisotopic (exact) mass is 1370 g/mol. The molecule has 2 aliphatic rings. The molecule has 0 radical (unpaired) electrons. The van der Waals surface area contributed by atoms with Crippen LogP contribution in [0.2, 0.25) is 0 Å². The molecule has 2 heterocycles. The predicted molar refractivity (Wildman–Crippen MR) is 372 cm³/mol. The first-order valence-corrected chi connectivity index (χ1v) is 32.7. The van der Waals surface area contributed by atoms with E-state index in [1.54, 1.807) is 65.8 Å². The van der Waals surface area contributed by atoms with Crippen LogP contribution in [0.5, 0.6) is 0 Å². The van der Waals surface area contributed by atoms with E-state index in [1.165, 1.54) is 0 Å². The Labute approximate surface area is 570 Å². The lowest BCUT2D eigenvalue weighted by atomic mass is 10.1. The van der Waals surface area contributed by atoms with Gasteiger partial charge in [0.05, 0.1) is 82.7 Å². The third-order valence-corrected chi connectivity index (χ3v) is 13.3. The molecular weight excluding hydrogens is 1270 g/mol. The molecule has 0 unspecified atom stereocenters. The Morgan fingerprint density at radius 1 is 0.436 bits per heavy atom. The summed E-state index contributed by atoms with van der Waals surface area (Å²) in [5.41, 5.74) is 8.10. The van der Waals surface area contributed by atoms with Crippen LogP contribution in [0.4, 0.5) is 19.2 Å². The van der Waals surface area contributed by atoms with Crippen molar-refractivity contribution in [1.82, 2.24) is 31.1 Å². The van der Waals surface area contributed by atoms with Gasteiger partial charge in [0.25, 0.3) is 10.1 Å². The van der Waals surface area contributed by atoms with Gasteiger partial charge in [-0.2, -0.15) is 8.42 Å². The van der Waals surface area contributed by atoms with E-state index < -0.39 is 56.8 Å². The summed E-state index contributed by atoms with van der Waals surface area (Å²) in [5.74, 6) is 0. The summed E-state index contributed by atoms with van der Waals surface area (Å²) >= 11 is 0. The quantitative estimate of drug-likeness (QED) is 0.0317. The van der Waals surface area contributed by atoms with Gasteiger partial charge in [-0.15, -0.1) is 24.8 Å². The highest BCUT2D eigenvalue weighted by atomic mass is 35.5. The van der Waals surface area contributed by atoms with Gasteiger partial charge in [0.1, 0.15) is 22.4 Å². The van der Waals surface area contributed by atoms with Gasteiger partial charge in [-0.05, 0) is 111 Å². The molecule has 0 aromatic heterocycles. The maximum atomic E-state index is 12.1. The summed E-state index contributed by atoms with van der Waals surface area (Å²) in [6.45, 7) is 29.5. The zero-order valence-electron chi connectivity index (χ0n) is 56.9. The molecule has 2 fully saturated rings. The molecule has 0 aliphatic carbocycles. The Kier molecular flexibility index (Phi) is 39.5. The van der Waals surface area contributed by atoms with Crippen molar-refractivity contribution in [3.8, 4) is 0 Å². The summed E-state index contributed by atoms with van der Waals surface area (Å²) in [6, 6.07) is 46.3. The van der Waals surface area contributed by atoms with Gasteiger partial charge in [-0.3, -0.25) is 14.0 Å². The number of carbonyl (C=O) groups excluding carboxylic acids is 4. The van der Waals surface area contributed by atoms with Crippen molar-refractivity contribution in [2.24, 2.45) is 5.73 Å². The van der Waals surface area contributed by atoms with Crippen molar-refractivity contribution in [2.75, 3.05) is 91.8 Å². The average Bonchev–Trinajstić information content (AvgIpc) is 0.955. The Morgan fingerprint density at radius 3 is 0.936 bits per heavy atom. The zero-order chi connectivity index (χ0) is 68.4. The number of nitrogens with two attached hydrogens (primary N) is 1. The average molecular weight is 1380 g/mol. The molecule has 8 N–H and O–H groups in total. The van der Waals surface area contributed by atoms with Gasteiger partial charge in [-0.25, -0.2) is 19.2 Å². The SMILES string of the molecule is CC(C)(C)OC(=O)N[C@H](CN1CCOCC1)c1ccccc1.CC(C)(C)OC(=O)N[C@H](CN1CCOCC1)c1ccccc1.CC(C)(C)OC(=O)N[C@H](CO)c1ccccc1.CC(C)(C)OC(=O)N[C@H](COS(C)(=O)=O)c1ccccc1.Cl.Cl.N[C@H](CO)c1ccccc1. The van der Waals surface area contributed by atoms with Crippen LogP contribution in [0.15, 0.2) is 152 Å². The van der Waals surface area contributed by atoms with Crippen LogP contribution < -0.4 is 27.0 Å². The number of amides is 4. The Balaban J connectivity index is 0.000000595. The number of hydrogen-bond donors (Lipinski definition) is 7. The van der Waals surface area contributed by atoms with Gasteiger partial charge in [-0.1, -0.05) is 152 Å². The smallest absolute Gasteiger partial charge is 0.408 e. The maximum absolute atomic E-state index is 12.1. The second kappa shape index (κ2) is 43.5. The molecule has 0 spiro atoms. The van der Waals surface area contributed by atoms with E-state index in [9.17, 15) is 32.7 Å². The molecule has 5 aromatic carbocycles. The van der Waals surface area contributed by atoms with E-state index in [4.69, 9.17) is 43.4 Å². The number of aliphatic hydroxyl groups is 2. The highest BCUT2D eigenvalue weighted by molar-refractivity contribution is 7.86. The fraction of sp³-hybridized carbons (Fsp3) is 0.507. The molecule has 4 amide bonds. The van der Waals surface area contributed by atoms with Crippen molar-refractivity contribution < 1.29 is 70.4 Å². The Morgan fingerprint density at radius 2 is 0.681 bits per heavy atom. The molecule has 94 heavy (non-hydrogen) atoms. The van der Waals surface area contributed by atoms with Crippen molar-refractivity contribution in [3.63, 3.8) is 0 Å². The fourth-order valence-corrected chi connectivity index (χ4v) is 8.93. The van der Waals surface area contributed by atoms with Gasteiger partial charge in [0, 0.05) is 39.3 Å². The largest absolute Gasteiger partial charge is 0.444 e. The lowest BCUT2D eigenvalue weighted by Crippen LogP contribution is -2.44. The number of carbonyl (C=O) groups is 4. The number of halogens is 2. The number of nitrogens with zero attached hydrogens (tertiary/aromatic N) is 2. The lowest BCUT2D eigenvalue weighted by Gasteiger charge is -2.31. The molecule has 25 heteroatoms. The molecule has 0 bridgehead atoms. The number of hydrogen-bond acceptors (Lipinski definition) is 18. The van der Waals surface area contributed by atoms with Crippen LogP contribution in [0.3, 0.4) is 0 Å². The van der Waals surface area contributed by atoms with Crippen LogP contribution in [0, 0.1) is 0 Å². The molecule has 2 saturated heterocycles. The number of benzene rings is 5. The van der Waals surface area contributed by atoms with Crippen molar-refractivity contribution in [1.29, 1.82) is 0 Å². The van der Waals surface area contributed by atoms with Gasteiger partial charge in [0.15, 0.2) is 0 Å². The third-order valence-electron chi connectivity index (χ3n) is 12.7. The van der Waals surface area contributed by atoms with E-state index in [-0.39, 0.29) is 74.9 Å². The highest BCUT2D eigenvalue weighted by Crippen LogP contribution is 2.21.